The van der Waals surface area contributed by atoms with Crippen molar-refractivity contribution in [3.8, 4) is 0 Å². The van der Waals surface area contributed by atoms with Crippen molar-refractivity contribution in [2.45, 2.75) is 70.3 Å². The number of urea groups is 1. The van der Waals surface area contributed by atoms with Gasteiger partial charge >= 0.3 is 6.03 Å². The minimum atomic E-state index is -0.701. The molecule has 0 aromatic rings. The van der Waals surface area contributed by atoms with E-state index in [2.05, 4.69) is 12.2 Å². The van der Waals surface area contributed by atoms with Crippen molar-refractivity contribution in [2.75, 3.05) is 13.1 Å². The predicted octanol–water partition coefficient (Wildman–Crippen LogP) is 2.40. The number of hydrogen-bond acceptors (Lipinski definition) is 3. The predicted molar refractivity (Wildman–Crippen MR) is 82.7 cm³/mol. The number of amides is 3. The molecule has 21 heavy (non-hydrogen) atoms. The minimum Gasteiger partial charge on any atom is -0.330 e. The van der Waals surface area contributed by atoms with Gasteiger partial charge in [0.1, 0.15) is 5.54 Å². The van der Waals surface area contributed by atoms with E-state index in [0.29, 0.717) is 13.1 Å². The molecule has 1 spiro atoms. The fraction of sp³-hybridized carbons (Fsp3) is 0.875. The van der Waals surface area contributed by atoms with Gasteiger partial charge in [0.05, 0.1) is 0 Å². The molecule has 5 nitrogen and oxygen atoms in total. The van der Waals surface area contributed by atoms with E-state index >= 15 is 0 Å². The number of nitrogens with two attached hydrogens (primary N) is 1. The monoisotopic (exact) mass is 295 g/mol. The van der Waals surface area contributed by atoms with Gasteiger partial charge in [-0.25, -0.2) is 4.79 Å². The molecule has 1 aliphatic carbocycles. The van der Waals surface area contributed by atoms with Crippen LogP contribution in [0.1, 0.15) is 64.7 Å². The van der Waals surface area contributed by atoms with Gasteiger partial charge in [0.15, 0.2) is 0 Å². The number of nitrogens with one attached hydrogen (secondary N) is 1. The van der Waals surface area contributed by atoms with Crippen molar-refractivity contribution < 1.29 is 9.59 Å². The zero-order chi connectivity index (χ0) is 15.3. The van der Waals surface area contributed by atoms with Gasteiger partial charge in [-0.05, 0) is 25.8 Å². The van der Waals surface area contributed by atoms with Gasteiger partial charge in [0.25, 0.3) is 5.91 Å². The van der Waals surface area contributed by atoms with Gasteiger partial charge in [-0.2, -0.15) is 0 Å². The third kappa shape index (κ3) is 3.23. The van der Waals surface area contributed by atoms with Crippen LogP contribution in [0.2, 0.25) is 0 Å². The molecule has 2 atom stereocenters. The van der Waals surface area contributed by atoms with Crippen LogP contribution in [-0.2, 0) is 4.79 Å². The van der Waals surface area contributed by atoms with E-state index in [4.69, 9.17) is 5.73 Å². The SMILES string of the molecule is CCCCCCCN1C(=O)NC2(CCCCC2CN)C1=O. The molecule has 1 saturated heterocycles. The lowest BCUT2D eigenvalue weighted by atomic mass is 9.72. The largest absolute Gasteiger partial charge is 0.330 e. The zero-order valence-corrected chi connectivity index (χ0v) is 13.2. The van der Waals surface area contributed by atoms with Crippen LogP contribution in [-0.4, -0.2) is 35.5 Å². The topological polar surface area (TPSA) is 75.4 Å². The second kappa shape index (κ2) is 7.25. The van der Waals surface area contributed by atoms with E-state index in [1.165, 1.54) is 24.2 Å². The average molecular weight is 295 g/mol. The van der Waals surface area contributed by atoms with Crippen LogP contribution in [0.4, 0.5) is 4.79 Å². The Labute approximate surface area is 127 Å². The van der Waals surface area contributed by atoms with Crippen LogP contribution in [0.15, 0.2) is 0 Å². The maximum absolute atomic E-state index is 12.8. The molecule has 0 aromatic heterocycles. The van der Waals surface area contributed by atoms with E-state index in [1.807, 2.05) is 0 Å². The summed E-state index contributed by atoms with van der Waals surface area (Å²) in [6.07, 6.45) is 9.36. The summed E-state index contributed by atoms with van der Waals surface area (Å²) in [6.45, 7) is 3.20. The Bertz CT molecular complexity index is 386. The summed E-state index contributed by atoms with van der Waals surface area (Å²) >= 11 is 0. The summed E-state index contributed by atoms with van der Waals surface area (Å²) < 4.78 is 0. The highest BCUT2D eigenvalue weighted by Gasteiger charge is 2.55. The Hall–Kier alpha value is -1.10. The number of carbonyl (C=O) groups is 2. The van der Waals surface area contributed by atoms with E-state index in [0.717, 1.165) is 38.5 Å². The summed E-state index contributed by atoms with van der Waals surface area (Å²) in [5.41, 5.74) is 5.14. The third-order valence-corrected chi connectivity index (χ3v) is 5.04. The molecule has 0 bridgehead atoms. The van der Waals surface area contributed by atoms with Crippen LogP contribution >= 0.6 is 0 Å². The Balaban J connectivity index is 1.95. The van der Waals surface area contributed by atoms with Gasteiger partial charge in [-0.15, -0.1) is 0 Å². The molecule has 2 aliphatic rings. The van der Waals surface area contributed by atoms with Crippen molar-refractivity contribution in [3.05, 3.63) is 0 Å². The van der Waals surface area contributed by atoms with Gasteiger partial charge in [-0.3, -0.25) is 9.69 Å². The van der Waals surface area contributed by atoms with Crippen LogP contribution in [0, 0.1) is 5.92 Å². The fourth-order valence-electron chi connectivity index (χ4n) is 3.73. The lowest BCUT2D eigenvalue weighted by Crippen LogP contribution is -2.57. The normalized spacial score (nSPS) is 29.2. The first kappa shape index (κ1) is 16.3. The first-order chi connectivity index (χ1) is 10.2. The van der Waals surface area contributed by atoms with Crippen molar-refractivity contribution in [1.29, 1.82) is 0 Å². The molecule has 2 unspecified atom stereocenters. The molecule has 0 aromatic carbocycles. The average Bonchev–Trinajstić information content (AvgIpc) is 2.72. The number of nitrogens with zero attached hydrogens (tertiary/aromatic N) is 1. The number of carbonyl (C=O) groups excluding carboxylic acids is 2. The standard InChI is InChI=1S/C16H29N3O2/c1-2-3-4-5-8-11-19-14(20)16(18-15(19)21)10-7-6-9-13(16)12-17/h13H,2-12,17H2,1H3,(H,18,21). The number of unbranched alkanes of at least 4 members (excludes halogenated alkanes) is 4. The molecule has 2 rings (SSSR count). The van der Waals surface area contributed by atoms with E-state index in [-0.39, 0.29) is 17.9 Å². The van der Waals surface area contributed by atoms with Crippen LogP contribution < -0.4 is 11.1 Å². The minimum absolute atomic E-state index is 0.0295. The Morgan fingerprint density at radius 2 is 2.00 bits per heavy atom. The molecule has 3 N–H and O–H groups in total. The summed E-state index contributed by atoms with van der Waals surface area (Å²) in [6, 6.07) is -0.212. The lowest BCUT2D eigenvalue weighted by Gasteiger charge is -2.38. The Kier molecular flexibility index (Phi) is 5.62. The van der Waals surface area contributed by atoms with Gasteiger partial charge in [0, 0.05) is 12.5 Å². The Morgan fingerprint density at radius 1 is 1.24 bits per heavy atom. The summed E-state index contributed by atoms with van der Waals surface area (Å²) in [4.78, 5) is 26.4. The second-order valence-electron chi connectivity index (χ2n) is 6.45. The van der Waals surface area contributed by atoms with E-state index < -0.39 is 5.54 Å². The number of imide groups is 1. The lowest BCUT2D eigenvalue weighted by molar-refractivity contribution is -0.134. The molecule has 1 aliphatic heterocycles. The summed E-state index contributed by atoms with van der Waals surface area (Å²) in [7, 11) is 0. The van der Waals surface area contributed by atoms with Crippen LogP contribution in [0.25, 0.3) is 0 Å². The van der Waals surface area contributed by atoms with Crippen molar-refractivity contribution in [2.24, 2.45) is 11.7 Å². The number of rotatable bonds is 7. The highest BCUT2D eigenvalue weighted by atomic mass is 16.2. The van der Waals surface area contributed by atoms with E-state index in [1.54, 1.807) is 0 Å². The number of hydrogen-bond donors (Lipinski definition) is 2. The maximum Gasteiger partial charge on any atom is 0.325 e. The molecule has 2 fully saturated rings. The highest BCUT2D eigenvalue weighted by Crippen LogP contribution is 2.38. The van der Waals surface area contributed by atoms with Crippen molar-refractivity contribution >= 4 is 11.9 Å². The molecule has 1 saturated carbocycles. The second-order valence-corrected chi connectivity index (χ2v) is 6.45. The van der Waals surface area contributed by atoms with E-state index in [9.17, 15) is 9.59 Å². The quantitative estimate of drug-likeness (QED) is 0.559. The maximum atomic E-state index is 12.8. The molecule has 3 amide bonds. The zero-order valence-electron chi connectivity index (χ0n) is 13.2. The molecule has 1 heterocycles. The molecule has 0 radical (unpaired) electrons. The first-order valence-electron chi connectivity index (χ1n) is 8.50. The summed E-state index contributed by atoms with van der Waals surface area (Å²) in [5, 5.41) is 2.98. The fourth-order valence-corrected chi connectivity index (χ4v) is 3.73. The smallest absolute Gasteiger partial charge is 0.325 e. The highest BCUT2D eigenvalue weighted by molar-refractivity contribution is 6.07. The first-order valence-corrected chi connectivity index (χ1v) is 8.50. The molecule has 5 heteroatoms. The van der Waals surface area contributed by atoms with Gasteiger partial charge in [-0.1, -0.05) is 45.4 Å². The molecule has 120 valence electrons. The van der Waals surface area contributed by atoms with Gasteiger partial charge < -0.3 is 11.1 Å². The Morgan fingerprint density at radius 3 is 2.71 bits per heavy atom. The summed E-state index contributed by atoms with van der Waals surface area (Å²) in [5.74, 6) is 0.0610. The van der Waals surface area contributed by atoms with Crippen LogP contribution in [0.3, 0.4) is 0 Å². The molecular formula is C16H29N3O2. The van der Waals surface area contributed by atoms with Crippen molar-refractivity contribution in [1.82, 2.24) is 10.2 Å². The third-order valence-electron chi connectivity index (χ3n) is 5.04. The van der Waals surface area contributed by atoms with Gasteiger partial charge in [0.2, 0.25) is 0 Å². The van der Waals surface area contributed by atoms with Crippen LogP contribution in [0.5, 0.6) is 0 Å². The van der Waals surface area contributed by atoms with Crippen molar-refractivity contribution in [3.63, 3.8) is 0 Å². The molecular weight excluding hydrogens is 266 g/mol.